The summed E-state index contributed by atoms with van der Waals surface area (Å²) in [5.41, 5.74) is 2.19. The van der Waals surface area contributed by atoms with E-state index in [1.54, 1.807) is 10.7 Å². The van der Waals surface area contributed by atoms with Crippen LogP contribution >= 0.6 is 0 Å². The Bertz CT molecular complexity index is 578. The fourth-order valence-electron chi connectivity index (χ4n) is 2.12. The smallest absolute Gasteiger partial charge is 0.270 e. The molecule has 1 aromatic heterocycles. The van der Waals surface area contributed by atoms with E-state index in [2.05, 4.69) is 10.4 Å². The molecule has 0 unspecified atom stereocenters. The van der Waals surface area contributed by atoms with Crippen LogP contribution in [0.2, 0.25) is 0 Å². The summed E-state index contributed by atoms with van der Waals surface area (Å²) in [5, 5.41) is 16.6. The molecule has 1 aromatic carbocycles. The molecule has 106 valence electrons. The van der Waals surface area contributed by atoms with Crippen molar-refractivity contribution in [2.75, 3.05) is 6.61 Å². The summed E-state index contributed by atoms with van der Waals surface area (Å²) in [5.74, 6) is -0.227. The zero-order valence-corrected chi connectivity index (χ0v) is 11.7. The molecule has 0 aliphatic carbocycles. The quantitative estimate of drug-likeness (QED) is 0.871. The Hall–Kier alpha value is -2.14. The number of hydrogen-bond donors (Lipinski definition) is 2. The third-order valence-electron chi connectivity index (χ3n) is 3.12. The van der Waals surface area contributed by atoms with Gasteiger partial charge in [0, 0.05) is 6.54 Å². The topological polar surface area (TPSA) is 67.2 Å². The number of amides is 1. The average molecular weight is 273 g/mol. The van der Waals surface area contributed by atoms with Crippen molar-refractivity contribution in [1.29, 1.82) is 0 Å². The second kappa shape index (κ2) is 6.34. The number of aliphatic hydroxyl groups is 1. The first-order valence-corrected chi connectivity index (χ1v) is 6.66. The normalized spacial score (nSPS) is 12.2. The van der Waals surface area contributed by atoms with E-state index >= 15 is 0 Å². The summed E-state index contributed by atoms with van der Waals surface area (Å²) in [6.45, 7) is 4.27. The van der Waals surface area contributed by atoms with Crippen LogP contribution in [0, 0.1) is 6.92 Å². The van der Waals surface area contributed by atoms with Crippen LogP contribution in [-0.4, -0.2) is 27.4 Å². The number of aryl methyl sites for hydroxylation is 2. The molecule has 5 nitrogen and oxygen atoms in total. The fraction of sp³-hybridized carbons (Fsp3) is 0.333. The lowest BCUT2D eigenvalue weighted by Crippen LogP contribution is -2.32. The van der Waals surface area contributed by atoms with E-state index in [4.69, 9.17) is 0 Å². The first-order valence-electron chi connectivity index (χ1n) is 6.66. The molecular formula is C15H19N3O2. The lowest BCUT2D eigenvalue weighted by Gasteiger charge is -2.16. The van der Waals surface area contributed by atoms with Crippen LogP contribution in [0.5, 0.6) is 0 Å². The monoisotopic (exact) mass is 273 g/mol. The van der Waals surface area contributed by atoms with Crippen molar-refractivity contribution in [2.45, 2.75) is 26.4 Å². The summed E-state index contributed by atoms with van der Waals surface area (Å²) >= 11 is 0. The molecule has 0 fully saturated rings. The number of carbonyl (C=O) groups excluding carboxylic acids is 1. The summed E-state index contributed by atoms with van der Waals surface area (Å²) in [7, 11) is 0. The van der Waals surface area contributed by atoms with E-state index in [1.807, 2.05) is 44.2 Å². The standard InChI is InChI=1S/C15H19N3O2/c1-3-18-14(9-11(2)17-18)15(20)16-13(10-19)12-7-5-4-6-8-12/h4-9,13,19H,3,10H2,1-2H3,(H,16,20)/t13-/m1/s1. The average Bonchev–Trinajstić information content (AvgIpc) is 2.86. The second-order valence-corrected chi connectivity index (χ2v) is 4.61. The Kier molecular flexibility index (Phi) is 4.53. The number of benzene rings is 1. The van der Waals surface area contributed by atoms with E-state index < -0.39 is 6.04 Å². The molecule has 2 aromatic rings. The molecule has 0 saturated heterocycles. The van der Waals surface area contributed by atoms with E-state index in [0.29, 0.717) is 12.2 Å². The molecule has 1 amide bonds. The van der Waals surface area contributed by atoms with Crippen LogP contribution in [0.1, 0.15) is 34.7 Å². The summed E-state index contributed by atoms with van der Waals surface area (Å²) in [4.78, 5) is 12.3. The lowest BCUT2D eigenvalue weighted by molar-refractivity contribution is 0.0905. The van der Waals surface area contributed by atoms with Gasteiger partial charge in [0.25, 0.3) is 5.91 Å². The zero-order chi connectivity index (χ0) is 14.5. The number of hydrogen-bond acceptors (Lipinski definition) is 3. The zero-order valence-electron chi connectivity index (χ0n) is 11.7. The van der Waals surface area contributed by atoms with Gasteiger partial charge in [0.2, 0.25) is 0 Å². The molecule has 0 aliphatic heterocycles. The molecule has 0 bridgehead atoms. The van der Waals surface area contributed by atoms with E-state index in [9.17, 15) is 9.90 Å². The highest BCUT2D eigenvalue weighted by Crippen LogP contribution is 2.13. The van der Waals surface area contributed by atoms with Gasteiger partial charge in [-0.2, -0.15) is 5.10 Å². The fourth-order valence-corrected chi connectivity index (χ4v) is 2.12. The number of aromatic nitrogens is 2. The van der Waals surface area contributed by atoms with Gasteiger partial charge in [-0.05, 0) is 25.5 Å². The molecule has 0 aliphatic rings. The van der Waals surface area contributed by atoms with Crippen LogP contribution in [0.25, 0.3) is 0 Å². The van der Waals surface area contributed by atoms with Gasteiger partial charge in [0.15, 0.2) is 0 Å². The van der Waals surface area contributed by atoms with E-state index in [1.165, 1.54) is 0 Å². The summed E-state index contributed by atoms with van der Waals surface area (Å²) in [6.07, 6.45) is 0. The van der Waals surface area contributed by atoms with Crippen molar-refractivity contribution in [1.82, 2.24) is 15.1 Å². The van der Waals surface area contributed by atoms with Gasteiger partial charge in [0.1, 0.15) is 5.69 Å². The van der Waals surface area contributed by atoms with Crippen molar-refractivity contribution in [3.63, 3.8) is 0 Å². The Morgan fingerprint density at radius 2 is 2.10 bits per heavy atom. The number of rotatable bonds is 5. The third kappa shape index (κ3) is 3.05. The molecule has 2 N–H and O–H groups in total. The number of nitrogens with one attached hydrogen (secondary N) is 1. The van der Waals surface area contributed by atoms with Gasteiger partial charge in [-0.25, -0.2) is 0 Å². The number of nitrogens with zero attached hydrogens (tertiary/aromatic N) is 2. The van der Waals surface area contributed by atoms with E-state index in [0.717, 1.165) is 11.3 Å². The highest BCUT2D eigenvalue weighted by Gasteiger charge is 2.18. The summed E-state index contributed by atoms with van der Waals surface area (Å²) in [6, 6.07) is 10.7. The van der Waals surface area contributed by atoms with Crippen LogP contribution in [0.15, 0.2) is 36.4 Å². The van der Waals surface area contributed by atoms with E-state index in [-0.39, 0.29) is 12.5 Å². The SMILES string of the molecule is CCn1nc(C)cc1C(=O)N[C@H](CO)c1ccccc1. The minimum atomic E-state index is -0.413. The molecule has 0 saturated carbocycles. The van der Waals surface area contributed by atoms with Crippen LogP contribution in [0.4, 0.5) is 0 Å². The van der Waals surface area contributed by atoms with Gasteiger partial charge in [-0.3, -0.25) is 9.48 Å². The minimum absolute atomic E-state index is 0.144. The predicted molar refractivity (Wildman–Crippen MR) is 76.4 cm³/mol. The van der Waals surface area contributed by atoms with Gasteiger partial charge < -0.3 is 10.4 Å². The van der Waals surface area contributed by atoms with Gasteiger partial charge in [0.05, 0.1) is 18.3 Å². The van der Waals surface area contributed by atoms with Crippen molar-refractivity contribution < 1.29 is 9.90 Å². The van der Waals surface area contributed by atoms with Crippen molar-refractivity contribution in [2.24, 2.45) is 0 Å². The molecule has 1 heterocycles. The van der Waals surface area contributed by atoms with Gasteiger partial charge in [-0.15, -0.1) is 0 Å². The molecule has 2 rings (SSSR count). The Morgan fingerprint density at radius 3 is 2.70 bits per heavy atom. The Balaban J connectivity index is 2.17. The highest BCUT2D eigenvalue weighted by molar-refractivity contribution is 5.93. The number of carbonyl (C=O) groups is 1. The Morgan fingerprint density at radius 1 is 1.40 bits per heavy atom. The molecular weight excluding hydrogens is 254 g/mol. The maximum atomic E-state index is 12.3. The van der Waals surface area contributed by atoms with Gasteiger partial charge in [-0.1, -0.05) is 30.3 Å². The van der Waals surface area contributed by atoms with Crippen molar-refractivity contribution >= 4 is 5.91 Å². The van der Waals surface area contributed by atoms with Crippen LogP contribution < -0.4 is 5.32 Å². The predicted octanol–water partition coefficient (Wildman–Crippen LogP) is 1.67. The van der Waals surface area contributed by atoms with Crippen LogP contribution in [0.3, 0.4) is 0 Å². The van der Waals surface area contributed by atoms with Gasteiger partial charge >= 0.3 is 0 Å². The van der Waals surface area contributed by atoms with Crippen LogP contribution in [-0.2, 0) is 6.54 Å². The maximum Gasteiger partial charge on any atom is 0.270 e. The maximum absolute atomic E-state index is 12.3. The Labute approximate surface area is 118 Å². The third-order valence-corrected chi connectivity index (χ3v) is 3.12. The first-order chi connectivity index (χ1) is 9.65. The lowest BCUT2D eigenvalue weighted by atomic mass is 10.1. The molecule has 0 radical (unpaired) electrons. The highest BCUT2D eigenvalue weighted by atomic mass is 16.3. The molecule has 0 spiro atoms. The molecule has 20 heavy (non-hydrogen) atoms. The second-order valence-electron chi connectivity index (χ2n) is 4.61. The largest absolute Gasteiger partial charge is 0.394 e. The molecule has 1 atom stereocenters. The van der Waals surface area contributed by atoms with Crippen molar-refractivity contribution in [3.8, 4) is 0 Å². The number of aliphatic hydroxyl groups excluding tert-OH is 1. The first kappa shape index (κ1) is 14.3. The van der Waals surface area contributed by atoms with Crippen molar-refractivity contribution in [3.05, 3.63) is 53.3 Å². The molecule has 5 heteroatoms. The minimum Gasteiger partial charge on any atom is -0.394 e. The summed E-state index contributed by atoms with van der Waals surface area (Å²) < 4.78 is 1.66.